The van der Waals surface area contributed by atoms with Crippen LogP contribution in [0.1, 0.15) is 16.2 Å². The van der Waals surface area contributed by atoms with Crippen molar-refractivity contribution in [3.63, 3.8) is 0 Å². The molecule has 0 fully saturated rings. The first-order valence-corrected chi connectivity index (χ1v) is 7.44. The summed E-state index contributed by atoms with van der Waals surface area (Å²) in [7, 11) is 0. The Bertz CT molecular complexity index is 889. The van der Waals surface area contributed by atoms with Gasteiger partial charge in [0.15, 0.2) is 5.82 Å². The van der Waals surface area contributed by atoms with Gasteiger partial charge in [0.2, 0.25) is 0 Å². The van der Waals surface area contributed by atoms with Crippen LogP contribution in [0, 0.1) is 6.92 Å². The Labute approximate surface area is 142 Å². The number of carboxylic acids is 1. The molecule has 0 atom stereocenters. The highest BCUT2D eigenvalue weighted by Gasteiger charge is 2.18. The average Bonchev–Trinajstić information content (AvgIpc) is 2.96. The molecule has 0 spiro atoms. The Balaban J connectivity index is 2.20. The van der Waals surface area contributed by atoms with Gasteiger partial charge in [-0.3, -0.25) is 0 Å². The van der Waals surface area contributed by atoms with E-state index in [4.69, 9.17) is 23.2 Å². The highest BCUT2D eigenvalue weighted by Crippen LogP contribution is 2.27. The molecular weight excluding hydrogens is 337 g/mol. The molecule has 1 aromatic heterocycles. The summed E-state index contributed by atoms with van der Waals surface area (Å²) in [6.07, 6.45) is 0. The van der Waals surface area contributed by atoms with E-state index < -0.39 is 5.97 Å². The SMILES string of the molecule is Cc1ccc(-c2nc(C(=O)O)nn2-c2ccc(Cl)c(Cl)c2)cc1. The Morgan fingerprint density at radius 1 is 1.09 bits per heavy atom. The second-order valence-electron chi connectivity index (χ2n) is 4.94. The molecule has 0 aliphatic heterocycles. The minimum Gasteiger partial charge on any atom is -0.475 e. The van der Waals surface area contributed by atoms with E-state index in [1.165, 1.54) is 4.68 Å². The van der Waals surface area contributed by atoms with Crippen molar-refractivity contribution in [2.75, 3.05) is 0 Å². The predicted octanol–water partition coefficient (Wildman–Crippen LogP) is 4.25. The zero-order valence-electron chi connectivity index (χ0n) is 12.0. The van der Waals surface area contributed by atoms with E-state index in [2.05, 4.69) is 10.1 Å². The lowest BCUT2D eigenvalue weighted by Crippen LogP contribution is -2.02. The first-order valence-electron chi connectivity index (χ1n) is 6.68. The van der Waals surface area contributed by atoms with Crippen molar-refractivity contribution >= 4 is 29.2 Å². The number of hydrogen-bond donors (Lipinski definition) is 1. The zero-order chi connectivity index (χ0) is 16.6. The first-order chi connectivity index (χ1) is 11.0. The molecule has 23 heavy (non-hydrogen) atoms. The third kappa shape index (κ3) is 3.06. The number of carboxylic acid groups (broad SMARTS) is 1. The van der Waals surface area contributed by atoms with Crippen LogP contribution in [-0.2, 0) is 0 Å². The smallest absolute Gasteiger partial charge is 0.375 e. The van der Waals surface area contributed by atoms with Gasteiger partial charge in [-0.25, -0.2) is 14.5 Å². The van der Waals surface area contributed by atoms with Gasteiger partial charge in [0, 0.05) is 5.56 Å². The van der Waals surface area contributed by atoms with Gasteiger partial charge in [0.05, 0.1) is 15.7 Å². The van der Waals surface area contributed by atoms with Crippen LogP contribution in [0.5, 0.6) is 0 Å². The minimum absolute atomic E-state index is 0.286. The monoisotopic (exact) mass is 347 g/mol. The number of hydrogen-bond acceptors (Lipinski definition) is 3. The number of rotatable bonds is 3. The molecule has 0 saturated heterocycles. The lowest BCUT2D eigenvalue weighted by molar-refractivity contribution is 0.0683. The average molecular weight is 348 g/mol. The van der Waals surface area contributed by atoms with Crippen LogP contribution >= 0.6 is 23.2 Å². The molecular formula is C16H11Cl2N3O2. The molecule has 3 rings (SSSR count). The van der Waals surface area contributed by atoms with Crippen molar-refractivity contribution in [2.45, 2.75) is 6.92 Å². The van der Waals surface area contributed by atoms with Gasteiger partial charge < -0.3 is 5.11 Å². The molecule has 0 aliphatic carbocycles. The van der Waals surface area contributed by atoms with Crippen LogP contribution < -0.4 is 0 Å². The number of aromatic carboxylic acids is 1. The lowest BCUT2D eigenvalue weighted by atomic mass is 10.1. The first kappa shape index (κ1) is 15.5. The number of benzene rings is 2. The van der Waals surface area contributed by atoms with Crippen LogP contribution in [0.3, 0.4) is 0 Å². The molecule has 3 aromatic rings. The van der Waals surface area contributed by atoms with E-state index >= 15 is 0 Å². The van der Waals surface area contributed by atoms with Crippen LogP contribution in [0.2, 0.25) is 10.0 Å². The van der Waals surface area contributed by atoms with Gasteiger partial charge in [-0.15, -0.1) is 5.10 Å². The van der Waals surface area contributed by atoms with E-state index in [0.717, 1.165) is 11.1 Å². The maximum Gasteiger partial charge on any atom is 0.375 e. The summed E-state index contributed by atoms with van der Waals surface area (Å²) in [5.41, 5.74) is 2.42. The molecule has 0 amide bonds. The van der Waals surface area contributed by atoms with Crippen LogP contribution in [-0.4, -0.2) is 25.8 Å². The normalized spacial score (nSPS) is 10.7. The molecule has 116 valence electrons. The van der Waals surface area contributed by atoms with Gasteiger partial charge in [0.1, 0.15) is 0 Å². The van der Waals surface area contributed by atoms with Crippen LogP contribution in [0.25, 0.3) is 17.1 Å². The Morgan fingerprint density at radius 3 is 2.39 bits per heavy atom. The fraction of sp³-hybridized carbons (Fsp3) is 0.0625. The highest BCUT2D eigenvalue weighted by molar-refractivity contribution is 6.42. The molecule has 0 aliphatic rings. The van der Waals surface area contributed by atoms with E-state index in [-0.39, 0.29) is 5.82 Å². The number of halogens is 2. The van der Waals surface area contributed by atoms with Gasteiger partial charge in [0.25, 0.3) is 5.82 Å². The predicted molar refractivity (Wildman–Crippen MR) is 88.5 cm³/mol. The molecule has 0 radical (unpaired) electrons. The quantitative estimate of drug-likeness (QED) is 0.768. The summed E-state index contributed by atoms with van der Waals surface area (Å²) in [4.78, 5) is 15.3. The summed E-state index contributed by atoms with van der Waals surface area (Å²) in [6.45, 7) is 1.97. The third-order valence-electron chi connectivity index (χ3n) is 3.26. The standard InChI is InChI=1S/C16H11Cl2N3O2/c1-9-2-4-10(5-3-9)15-19-14(16(22)23)20-21(15)11-6-7-12(17)13(18)8-11/h2-8H,1H3,(H,22,23). The van der Waals surface area contributed by atoms with E-state index in [9.17, 15) is 9.90 Å². The molecule has 5 nitrogen and oxygen atoms in total. The van der Waals surface area contributed by atoms with Crippen molar-refractivity contribution in [3.05, 3.63) is 63.9 Å². The molecule has 1 N–H and O–H groups in total. The minimum atomic E-state index is -1.20. The molecule has 2 aromatic carbocycles. The Kier molecular flexibility index (Phi) is 4.07. The van der Waals surface area contributed by atoms with Gasteiger partial charge >= 0.3 is 5.97 Å². The number of aromatic nitrogens is 3. The van der Waals surface area contributed by atoms with Crippen LogP contribution in [0.15, 0.2) is 42.5 Å². The Hall–Kier alpha value is -2.37. The third-order valence-corrected chi connectivity index (χ3v) is 3.99. The van der Waals surface area contributed by atoms with E-state index in [1.54, 1.807) is 18.2 Å². The second kappa shape index (κ2) is 6.02. The summed E-state index contributed by atoms with van der Waals surface area (Å²) >= 11 is 12.0. The molecule has 1 heterocycles. The zero-order valence-corrected chi connectivity index (χ0v) is 13.5. The van der Waals surface area contributed by atoms with Crippen molar-refractivity contribution in [1.29, 1.82) is 0 Å². The highest BCUT2D eigenvalue weighted by atomic mass is 35.5. The van der Waals surface area contributed by atoms with Crippen molar-refractivity contribution in [3.8, 4) is 17.1 Å². The molecule has 0 bridgehead atoms. The fourth-order valence-electron chi connectivity index (χ4n) is 2.09. The summed E-state index contributed by atoms with van der Waals surface area (Å²) < 4.78 is 1.44. The lowest BCUT2D eigenvalue weighted by Gasteiger charge is -2.07. The van der Waals surface area contributed by atoms with Crippen molar-refractivity contribution < 1.29 is 9.90 Å². The molecule has 0 unspecified atom stereocenters. The van der Waals surface area contributed by atoms with E-state index in [0.29, 0.717) is 21.6 Å². The summed E-state index contributed by atoms with van der Waals surface area (Å²) in [6, 6.07) is 12.5. The van der Waals surface area contributed by atoms with E-state index in [1.807, 2.05) is 31.2 Å². The number of nitrogens with zero attached hydrogens (tertiary/aromatic N) is 3. The summed E-state index contributed by atoms with van der Waals surface area (Å²) in [5.74, 6) is -1.07. The second-order valence-corrected chi connectivity index (χ2v) is 5.75. The molecule has 0 saturated carbocycles. The number of carbonyl (C=O) groups is 1. The van der Waals surface area contributed by atoms with Gasteiger partial charge in [-0.2, -0.15) is 0 Å². The summed E-state index contributed by atoms with van der Waals surface area (Å²) in [5, 5.41) is 14.0. The maximum atomic E-state index is 11.2. The van der Waals surface area contributed by atoms with Crippen molar-refractivity contribution in [1.82, 2.24) is 14.8 Å². The topological polar surface area (TPSA) is 68.0 Å². The van der Waals surface area contributed by atoms with Crippen LogP contribution in [0.4, 0.5) is 0 Å². The van der Waals surface area contributed by atoms with Crippen molar-refractivity contribution in [2.24, 2.45) is 0 Å². The Morgan fingerprint density at radius 2 is 1.78 bits per heavy atom. The number of aryl methyl sites for hydroxylation is 1. The fourth-order valence-corrected chi connectivity index (χ4v) is 2.38. The van der Waals surface area contributed by atoms with Gasteiger partial charge in [-0.1, -0.05) is 53.0 Å². The maximum absolute atomic E-state index is 11.2. The van der Waals surface area contributed by atoms with Gasteiger partial charge in [-0.05, 0) is 25.1 Å². The molecule has 7 heteroatoms. The largest absolute Gasteiger partial charge is 0.475 e.